The number of nitrogens with zero attached hydrogens (tertiary/aromatic N) is 1. The number of carbonyl (C=O) groups excluding carboxylic acids is 1. The molecular formula is C14H21NO3S. The maximum atomic E-state index is 11.6. The Morgan fingerprint density at radius 2 is 2.16 bits per heavy atom. The number of ether oxygens (including phenoxy) is 1. The van der Waals surface area contributed by atoms with Gasteiger partial charge in [-0.1, -0.05) is 6.92 Å². The van der Waals surface area contributed by atoms with Crippen LogP contribution in [0.15, 0.2) is 23.2 Å². The summed E-state index contributed by atoms with van der Waals surface area (Å²) >= 11 is 1.38. The minimum atomic E-state index is -0.523. The van der Waals surface area contributed by atoms with Crippen LogP contribution in [0.3, 0.4) is 0 Å². The topological polar surface area (TPSA) is 59.4 Å². The molecule has 0 spiro atoms. The van der Waals surface area contributed by atoms with Gasteiger partial charge in [-0.25, -0.2) is 0 Å². The Bertz CT molecular complexity index is 412. The lowest BCUT2D eigenvalue weighted by Crippen LogP contribution is -2.24. The lowest BCUT2D eigenvalue weighted by atomic mass is 10.2. The van der Waals surface area contributed by atoms with E-state index in [0.29, 0.717) is 12.1 Å². The smallest absolute Gasteiger partial charge is 0.316 e. The van der Waals surface area contributed by atoms with Crippen molar-refractivity contribution in [2.75, 3.05) is 5.75 Å². The van der Waals surface area contributed by atoms with Gasteiger partial charge in [0.1, 0.15) is 5.60 Å². The van der Waals surface area contributed by atoms with Gasteiger partial charge in [-0.3, -0.25) is 9.78 Å². The highest BCUT2D eigenvalue weighted by molar-refractivity contribution is 8.00. The molecule has 0 aliphatic heterocycles. The molecule has 0 saturated carbocycles. The number of carbonyl (C=O) groups is 1. The van der Waals surface area contributed by atoms with Crippen LogP contribution in [-0.4, -0.2) is 27.4 Å². The Hall–Kier alpha value is -1.07. The van der Waals surface area contributed by atoms with Gasteiger partial charge in [-0.15, -0.1) is 11.8 Å². The normalized spacial score (nSPS) is 13.1. The first kappa shape index (κ1) is 16.0. The van der Waals surface area contributed by atoms with Crippen LogP contribution >= 0.6 is 11.8 Å². The van der Waals surface area contributed by atoms with E-state index >= 15 is 0 Å². The van der Waals surface area contributed by atoms with E-state index in [1.54, 1.807) is 12.3 Å². The van der Waals surface area contributed by atoms with Gasteiger partial charge in [0.05, 0.1) is 17.6 Å². The number of aliphatic hydroxyl groups excluding tert-OH is 1. The van der Waals surface area contributed by atoms with Crippen LogP contribution in [0, 0.1) is 0 Å². The predicted molar refractivity (Wildman–Crippen MR) is 76.1 cm³/mol. The van der Waals surface area contributed by atoms with E-state index in [-0.39, 0.29) is 11.7 Å². The van der Waals surface area contributed by atoms with Crippen molar-refractivity contribution in [2.24, 2.45) is 0 Å². The quantitative estimate of drug-likeness (QED) is 0.665. The third kappa shape index (κ3) is 6.07. The first-order chi connectivity index (χ1) is 8.81. The Kier molecular flexibility index (Phi) is 5.82. The van der Waals surface area contributed by atoms with Gasteiger partial charge in [0, 0.05) is 11.1 Å². The van der Waals surface area contributed by atoms with E-state index in [9.17, 15) is 9.90 Å². The molecule has 0 aliphatic carbocycles. The molecule has 1 atom stereocenters. The van der Waals surface area contributed by atoms with Crippen molar-refractivity contribution < 1.29 is 14.6 Å². The minimum Gasteiger partial charge on any atom is -0.459 e. The lowest BCUT2D eigenvalue weighted by Gasteiger charge is -2.19. The van der Waals surface area contributed by atoms with Crippen molar-refractivity contribution in [3.05, 3.63) is 24.0 Å². The predicted octanol–water partition coefficient (Wildman–Crippen LogP) is 2.96. The van der Waals surface area contributed by atoms with Crippen molar-refractivity contribution in [3.63, 3.8) is 0 Å². The van der Waals surface area contributed by atoms with Crippen LogP contribution in [0.25, 0.3) is 0 Å². The Balaban J connectivity index is 2.48. The molecule has 0 amide bonds. The first-order valence-corrected chi connectivity index (χ1v) is 7.29. The molecule has 0 saturated heterocycles. The zero-order valence-corrected chi connectivity index (χ0v) is 12.7. The maximum Gasteiger partial charge on any atom is 0.316 e. The summed E-state index contributed by atoms with van der Waals surface area (Å²) < 4.78 is 5.22. The van der Waals surface area contributed by atoms with Crippen LogP contribution in [0.2, 0.25) is 0 Å². The Morgan fingerprint density at radius 3 is 2.63 bits per heavy atom. The van der Waals surface area contributed by atoms with Crippen LogP contribution in [-0.2, 0) is 9.53 Å². The van der Waals surface area contributed by atoms with Gasteiger partial charge in [-0.2, -0.15) is 0 Å². The van der Waals surface area contributed by atoms with Crippen LogP contribution < -0.4 is 0 Å². The fourth-order valence-electron chi connectivity index (χ4n) is 1.40. The molecule has 0 unspecified atom stereocenters. The Labute approximate surface area is 118 Å². The van der Waals surface area contributed by atoms with Crippen molar-refractivity contribution in [1.82, 2.24) is 4.98 Å². The second-order valence-corrected chi connectivity index (χ2v) is 6.27. The van der Waals surface area contributed by atoms with Crippen LogP contribution in [0.1, 0.15) is 45.9 Å². The average molecular weight is 283 g/mol. The van der Waals surface area contributed by atoms with Gasteiger partial charge in [0.15, 0.2) is 0 Å². The Morgan fingerprint density at radius 1 is 1.47 bits per heavy atom. The third-order valence-electron chi connectivity index (χ3n) is 2.26. The van der Waals surface area contributed by atoms with E-state index in [4.69, 9.17) is 4.74 Å². The molecule has 1 N–H and O–H groups in total. The molecule has 5 heteroatoms. The van der Waals surface area contributed by atoms with Crippen LogP contribution in [0.5, 0.6) is 0 Å². The van der Waals surface area contributed by atoms with E-state index in [2.05, 4.69) is 4.98 Å². The van der Waals surface area contributed by atoms with Crippen molar-refractivity contribution in [2.45, 2.75) is 50.7 Å². The van der Waals surface area contributed by atoms with Gasteiger partial charge in [0.2, 0.25) is 0 Å². The SMILES string of the molecule is CC[C@H](O)c1ccc(SCC(=O)OC(C)(C)C)cn1. The van der Waals surface area contributed by atoms with Crippen molar-refractivity contribution in [3.8, 4) is 0 Å². The summed E-state index contributed by atoms with van der Waals surface area (Å²) in [5.41, 5.74) is 0.203. The maximum absolute atomic E-state index is 11.6. The number of hydrogen-bond acceptors (Lipinski definition) is 5. The molecule has 1 aromatic rings. The summed E-state index contributed by atoms with van der Waals surface area (Å²) in [6.45, 7) is 7.44. The summed E-state index contributed by atoms with van der Waals surface area (Å²) in [5.74, 6) is 0.0180. The molecule has 0 bridgehead atoms. The summed E-state index contributed by atoms with van der Waals surface area (Å²) in [4.78, 5) is 16.6. The summed E-state index contributed by atoms with van der Waals surface area (Å²) in [7, 11) is 0. The molecule has 4 nitrogen and oxygen atoms in total. The summed E-state index contributed by atoms with van der Waals surface area (Å²) in [6, 6.07) is 3.64. The first-order valence-electron chi connectivity index (χ1n) is 6.30. The van der Waals surface area contributed by atoms with E-state index in [0.717, 1.165) is 4.90 Å². The monoisotopic (exact) mass is 283 g/mol. The highest BCUT2D eigenvalue weighted by Gasteiger charge is 2.16. The molecule has 0 fully saturated rings. The molecule has 19 heavy (non-hydrogen) atoms. The highest BCUT2D eigenvalue weighted by Crippen LogP contribution is 2.21. The number of esters is 1. The second kappa shape index (κ2) is 6.91. The van der Waals surface area contributed by atoms with Gasteiger partial charge in [-0.05, 0) is 39.3 Å². The fourth-order valence-corrected chi connectivity index (χ4v) is 2.03. The molecule has 1 aromatic heterocycles. The number of rotatable bonds is 5. The zero-order chi connectivity index (χ0) is 14.5. The van der Waals surface area contributed by atoms with Gasteiger partial charge >= 0.3 is 5.97 Å². The van der Waals surface area contributed by atoms with E-state index in [1.807, 2.05) is 33.8 Å². The van der Waals surface area contributed by atoms with Crippen molar-refractivity contribution >= 4 is 17.7 Å². The molecule has 106 valence electrons. The summed E-state index contributed by atoms with van der Waals surface area (Å²) in [5, 5.41) is 9.62. The van der Waals surface area contributed by atoms with Crippen LogP contribution in [0.4, 0.5) is 0 Å². The molecule has 0 aromatic carbocycles. The second-order valence-electron chi connectivity index (χ2n) is 5.22. The average Bonchev–Trinajstić information content (AvgIpc) is 2.34. The van der Waals surface area contributed by atoms with Gasteiger partial charge in [0.25, 0.3) is 0 Å². The molecule has 1 rings (SSSR count). The lowest BCUT2D eigenvalue weighted by molar-refractivity contribution is -0.151. The number of aromatic nitrogens is 1. The van der Waals surface area contributed by atoms with Gasteiger partial charge < -0.3 is 9.84 Å². The highest BCUT2D eigenvalue weighted by atomic mass is 32.2. The number of hydrogen-bond donors (Lipinski definition) is 1. The molecule has 1 heterocycles. The fraction of sp³-hybridized carbons (Fsp3) is 0.571. The van der Waals surface area contributed by atoms with E-state index in [1.165, 1.54) is 11.8 Å². The van der Waals surface area contributed by atoms with E-state index < -0.39 is 11.7 Å². The molecule has 0 radical (unpaired) electrons. The number of aliphatic hydroxyl groups is 1. The third-order valence-corrected chi connectivity index (χ3v) is 3.22. The largest absolute Gasteiger partial charge is 0.459 e. The molecule has 0 aliphatic rings. The standard InChI is InChI=1S/C14H21NO3S/c1-5-12(16)11-7-6-10(8-15-11)19-9-13(17)18-14(2,3)4/h6-8,12,16H,5,9H2,1-4H3/t12-/m0/s1. The molecular weight excluding hydrogens is 262 g/mol. The summed E-state index contributed by atoms with van der Waals surface area (Å²) in [6.07, 6.45) is 1.78. The minimum absolute atomic E-state index is 0.241. The van der Waals surface area contributed by atoms with Crippen molar-refractivity contribution in [1.29, 1.82) is 0 Å². The number of pyridine rings is 1. The number of thioether (sulfide) groups is 1. The zero-order valence-electron chi connectivity index (χ0n) is 11.8.